The summed E-state index contributed by atoms with van der Waals surface area (Å²) in [4.78, 5) is 25.0. The first-order valence-electron chi connectivity index (χ1n) is 8.37. The van der Waals surface area contributed by atoms with E-state index in [1.807, 2.05) is 31.2 Å². The highest BCUT2D eigenvalue weighted by Crippen LogP contribution is 2.19. The van der Waals surface area contributed by atoms with Gasteiger partial charge in [-0.25, -0.2) is 4.68 Å². The van der Waals surface area contributed by atoms with Crippen molar-refractivity contribution in [1.29, 1.82) is 0 Å². The van der Waals surface area contributed by atoms with Gasteiger partial charge in [0.2, 0.25) is 5.91 Å². The minimum atomic E-state index is -0.426. The average molecular weight is 368 g/mol. The zero-order valence-corrected chi connectivity index (χ0v) is 15.3. The summed E-state index contributed by atoms with van der Waals surface area (Å²) in [6, 6.07) is 12.2. The van der Waals surface area contributed by atoms with Crippen molar-refractivity contribution in [2.45, 2.75) is 19.5 Å². The van der Waals surface area contributed by atoms with Crippen molar-refractivity contribution in [1.82, 2.24) is 20.3 Å². The second-order valence-corrected chi connectivity index (χ2v) is 5.97. The van der Waals surface area contributed by atoms with Crippen molar-refractivity contribution in [2.24, 2.45) is 0 Å². The van der Waals surface area contributed by atoms with Crippen LogP contribution in [0.15, 0.2) is 47.3 Å². The topological polar surface area (TPSA) is 95.3 Å². The number of amides is 1. The molecule has 0 aliphatic rings. The monoisotopic (exact) mass is 368 g/mol. The van der Waals surface area contributed by atoms with Crippen molar-refractivity contribution >= 4 is 16.8 Å². The maximum Gasteiger partial charge on any atom is 0.281 e. The maximum absolute atomic E-state index is 12.7. The molecule has 1 heterocycles. The first-order chi connectivity index (χ1) is 13.0. The SMILES string of the molecule is COc1ccc(C(C)NC(=O)Cn2nnc3cccc(OC)c3c2=O)cc1. The van der Waals surface area contributed by atoms with Crippen LogP contribution in [0, 0.1) is 0 Å². The second-order valence-electron chi connectivity index (χ2n) is 5.97. The van der Waals surface area contributed by atoms with Gasteiger partial charge >= 0.3 is 0 Å². The number of fused-ring (bicyclic) bond motifs is 1. The van der Waals surface area contributed by atoms with E-state index in [1.165, 1.54) is 7.11 Å². The molecular weight excluding hydrogens is 348 g/mol. The molecule has 0 spiro atoms. The molecule has 1 atom stereocenters. The van der Waals surface area contributed by atoms with Crippen LogP contribution in [0.25, 0.3) is 10.9 Å². The fourth-order valence-corrected chi connectivity index (χ4v) is 2.76. The Hall–Kier alpha value is -3.42. The summed E-state index contributed by atoms with van der Waals surface area (Å²) in [6.45, 7) is 1.62. The summed E-state index contributed by atoms with van der Waals surface area (Å²) >= 11 is 0. The van der Waals surface area contributed by atoms with Crippen LogP contribution < -0.4 is 20.3 Å². The Morgan fingerprint density at radius 1 is 1.15 bits per heavy atom. The summed E-state index contributed by atoms with van der Waals surface area (Å²) < 4.78 is 11.4. The average Bonchev–Trinajstić information content (AvgIpc) is 2.69. The van der Waals surface area contributed by atoms with E-state index in [9.17, 15) is 9.59 Å². The molecule has 3 rings (SSSR count). The third-order valence-corrected chi connectivity index (χ3v) is 4.22. The second kappa shape index (κ2) is 7.86. The molecule has 8 nitrogen and oxygen atoms in total. The molecule has 0 radical (unpaired) electrons. The molecule has 0 bridgehead atoms. The van der Waals surface area contributed by atoms with Crippen molar-refractivity contribution in [3.05, 3.63) is 58.4 Å². The van der Waals surface area contributed by atoms with Gasteiger partial charge in [-0.05, 0) is 36.8 Å². The van der Waals surface area contributed by atoms with Gasteiger partial charge in [-0.2, -0.15) is 0 Å². The molecule has 8 heteroatoms. The van der Waals surface area contributed by atoms with Crippen molar-refractivity contribution in [2.75, 3.05) is 14.2 Å². The lowest BCUT2D eigenvalue weighted by atomic mass is 10.1. The Morgan fingerprint density at radius 2 is 1.89 bits per heavy atom. The van der Waals surface area contributed by atoms with Crippen LogP contribution >= 0.6 is 0 Å². The Balaban J connectivity index is 1.77. The van der Waals surface area contributed by atoms with Gasteiger partial charge in [-0.1, -0.05) is 23.4 Å². The number of carbonyl (C=O) groups is 1. The number of carbonyl (C=O) groups excluding carboxylic acids is 1. The lowest BCUT2D eigenvalue weighted by molar-refractivity contribution is -0.122. The molecule has 1 amide bonds. The van der Waals surface area contributed by atoms with Crippen molar-refractivity contribution in [3.63, 3.8) is 0 Å². The highest BCUT2D eigenvalue weighted by molar-refractivity contribution is 5.84. The summed E-state index contributed by atoms with van der Waals surface area (Å²) in [5.41, 5.74) is 0.912. The van der Waals surface area contributed by atoms with Crippen LogP contribution in [0.4, 0.5) is 0 Å². The zero-order valence-electron chi connectivity index (χ0n) is 15.3. The van der Waals surface area contributed by atoms with E-state index < -0.39 is 5.56 Å². The van der Waals surface area contributed by atoms with Crippen LogP contribution in [-0.2, 0) is 11.3 Å². The van der Waals surface area contributed by atoms with E-state index in [2.05, 4.69) is 15.6 Å². The van der Waals surface area contributed by atoms with Gasteiger partial charge in [0.15, 0.2) is 0 Å². The molecule has 1 unspecified atom stereocenters. The van der Waals surface area contributed by atoms with E-state index in [0.29, 0.717) is 16.7 Å². The number of hydrogen-bond donors (Lipinski definition) is 1. The molecule has 3 aromatic rings. The molecule has 0 fully saturated rings. The van der Waals surface area contributed by atoms with Crippen LogP contribution in [0.1, 0.15) is 18.5 Å². The molecule has 0 saturated heterocycles. The highest BCUT2D eigenvalue weighted by Gasteiger charge is 2.15. The largest absolute Gasteiger partial charge is 0.497 e. The minimum absolute atomic E-state index is 0.234. The first kappa shape index (κ1) is 18.4. The molecule has 2 aromatic carbocycles. The molecule has 27 heavy (non-hydrogen) atoms. The van der Waals surface area contributed by atoms with Gasteiger partial charge in [0.1, 0.15) is 28.9 Å². The fraction of sp³-hybridized carbons (Fsp3) is 0.263. The molecule has 0 aliphatic heterocycles. The number of rotatable bonds is 6. The molecule has 1 N–H and O–H groups in total. The number of benzene rings is 2. The Labute approximate surface area is 155 Å². The first-order valence-corrected chi connectivity index (χ1v) is 8.37. The lowest BCUT2D eigenvalue weighted by Gasteiger charge is -2.15. The smallest absolute Gasteiger partial charge is 0.281 e. The molecule has 140 valence electrons. The van der Waals surface area contributed by atoms with Crippen molar-refractivity contribution < 1.29 is 14.3 Å². The van der Waals surface area contributed by atoms with Gasteiger partial charge in [0.25, 0.3) is 5.56 Å². The Bertz CT molecular complexity index is 1010. The number of nitrogens with one attached hydrogen (secondary N) is 1. The maximum atomic E-state index is 12.7. The summed E-state index contributed by atoms with van der Waals surface area (Å²) in [5, 5.41) is 11.0. The quantitative estimate of drug-likeness (QED) is 0.711. The summed E-state index contributed by atoms with van der Waals surface area (Å²) in [6.07, 6.45) is 0. The number of nitrogens with zero attached hydrogens (tertiary/aromatic N) is 3. The number of ether oxygens (including phenoxy) is 2. The summed E-state index contributed by atoms with van der Waals surface area (Å²) in [7, 11) is 3.07. The van der Waals surface area contributed by atoms with Crippen molar-refractivity contribution in [3.8, 4) is 11.5 Å². The van der Waals surface area contributed by atoms with Crippen LogP contribution in [0.3, 0.4) is 0 Å². The highest BCUT2D eigenvalue weighted by atomic mass is 16.5. The number of methoxy groups -OCH3 is 2. The Morgan fingerprint density at radius 3 is 2.56 bits per heavy atom. The van der Waals surface area contributed by atoms with E-state index >= 15 is 0 Å². The van der Waals surface area contributed by atoms with Gasteiger partial charge < -0.3 is 14.8 Å². The van der Waals surface area contributed by atoms with E-state index in [1.54, 1.807) is 25.3 Å². The number of hydrogen-bond acceptors (Lipinski definition) is 6. The lowest BCUT2D eigenvalue weighted by Crippen LogP contribution is -2.35. The standard InChI is InChI=1S/C19H20N4O4/c1-12(13-7-9-14(26-2)10-8-13)20-17(24)11-23-19(25)18-15(21-22-23)5-4-6-16(18)27-3/h4-10,12H,11H2,1-3H3,(H,20,24). The normalized spacial score (nSPS) is 11.8. The van der Waals surface area contributed by atoms with Gasteiger partial charge in [-0.3, -0.25) is 9.59 Å². The minimum Gasteiger partial charge on any atom is -0.497 e. The van der Waals surface area contributed by atoms with E-state index in [4.69, 9.17) is 9.47 Å². The zero-order chi connectivity index (χ0) is 19.4. The third-order valence-electron chi connectivity index (χ3n) is 4.22. The predicted octanol–water partition coefficient (Wildman–Crippen LogP) is 1.69. The van der Waals surface area contributed by atoms with E-state index in [0.717, 1.165) is 16.0 Å². The third kappa shape index (κ3) is 3.89. The van der Waals surface area contributed by atoms with Crippen LogP contribution in [-0.4, -0.2) is 35.1 Å². The van der Waals surface area contributed by atoms with E-state index in [-0.39, 0.29) is 18.5 Å². The van der Waals surface area contributed by atoms with Gasteiger partial charge in [-0.15, -0.1) is 5.10 Å². The van der Waals surface area contributed by atoms with Crippen LogP contribution in [0.5, 0.6) is 11.5 Å². The van der Waals surface area contributed by atoms with Gasteiger partial charge in [0.05, 0.1) is 20.3 Å². The number of aromatic nitrogens is 3. The van der Waals surface area contributed by atoms with Gasteiger partial charge in [0, 0.05) is 0 Å². The molecule has 1 aromatic heterocycles. The predicted molar refractivity (Wildman–Crippen MR) is 99.9 cm³/mol. The summed E-state index contributed by atoms with van der Waals surface area (Å²) in [5.74, 6) is 0.793. The van der Waals surface area contributed by atoms with Crippen LogP contribution in [0.2, 0.25) is 0 Å². The fourth-order valence-electron chi connectivity index (χ4n) is 2.76. The molecule has 0 aliphatic carbocycles. The molecular formula is C19H20N4O4. The molecule has 0 saturated carbocycles. The Kier molecular flexibility index (Phi) is 5.35.